The van der Waals surface area contributed by atoms with E-state index in [1.54, 1.807) is 56.3 Å². The maximum Gasteiger partial charge on any atom is 0.245 e. The fraction of sp³-hybridized carbons (Fsp3) is 0.455. The van der Waals surface area contributed by atoms with Gasteiger partial charge in [0, 0.05) is 69.8 Å². The molecule has 0 saturated carbocycles. The van der Waals surface area contributed by atoms with Crippen molar-refractivity contribution in [1.29, 1.82) is 0 Å². The standard InChI is InChI=1S/C66H89ClN20O14/c1-35(2)25-45-58(94)79-44(65(101)87-24-8-13-52(87)64(100)85-51(32-68)56(69)92)20-23-74-55(91)34-76-53(89)30-49(62(98)78-43(57(93)80-45)12-7-22-75-66(70)71)83-63(99)50(31-54(90)86-72)84-61(97)48(29-39-9-6-21-73-33-39)82-60(96)47(27-37-15-18-42(67)19-16-37)81-59(95)46(77-36(3)88)28-38-14-17-40-10-4-5-11-41(40)26-38/h4-6,9-11,14-19,21,26,33,35,43-52H,7-8,12-13,20,22-25,27-32,34,68,72H2,1-3H3,(H2,69,92)(H,74,91)(H,76,89)(H,77,88)(H,78,98)(H,79,94)(H,80,93)(H,81,95)(H,82,96)(H,83,99)(H,84,97)(H,85,100)(H,86,90)(H4,70,71,75)/t43-,44+,45+,46-,47-,48-,49+,50+,51?,52+/m1/s1. The third kappa shape index (κ3) is 25.4. The van der Waals surface area contributed by atoms with Gasteiger partial charge in [-0.25, -0.2) is 5.84 Å². The molecule has 34 nitrogen and oxygen atoms in total. The number of nitrogens with one attached hydrogen (secondary N) is 12. The van der Waals surface area contributed by atoms with E-state index in [0.29, 0.717) is 28.1 Å². The molecule has 0 bridgehead atoms. The Bertz CT molecular complexity index is 3680. The summed E-state index contributed by atoms with van der Waals surface area (Å²) in [6.07, 6.45) is 0.261. The van der Waals surface area contributed by atoms with Crippen molar-refractivity contribution in [2.45, 2.75) is 152 Å². The number of hydrazine groups is 1. The largest absolute Gasteiger partial charge is 0.370 e. The lowest BCUT2D eigenvalue weighted by Crippen LogP contribution is -2.62. The molecule has 0 spiro atoms. The van der Waals surface area contributed by atoms with Gasteiger partial charge in [-0.05, 0) is 90.1 Å². The maximum atomic E-state index is 14.9. The Labute approximate surface area is 586 Å². The summed E-state index contributed by atoms with van der Waals surface area (Å²) in [7, 11) is 0. The Morgan fingerprint density at radius 1 is 0.673 bits per heavy atom. The van der Waals surface area contributed by atoms with Crippen LogP contribution >= 0.6 is 11.6 Å². The fourth-order valence-electron chi connectivity index (χ4n) is 11.3. The molecule has 2 fully saturated rings. The third-order valence-corrected chi connectivity index (χ3v) is 16.7. The van der Waals surface area contributed by atoms with Gasteiger partial charge in [0.25, 0.3) is 0 Å². The highest BCUT2D eigenvalue weighted by molar-refractivity contribution is 6.30. The lowest BCUT2D eigenvalue weighted by Gasteiger charge is -2.31. The second-order valence-corrected chi connectivity index (χ2v) is 25.3. The number of primary amides is 1. The summed E-state index contributed by atoms with van der Waals surface area (Å²) >= 11 is 6.22. The van der Waals surface area contributed by atoms with Crippen LogP contribution in [0.15, 0.2) is 96.2 Å². The summed E-state index contributed by atoms with van der Waals surface area (Å²) in [6.45, 7) is 3.23. The third-order valence-electron chi connectivity index (χ3n) is 16.4. The van der Waals surface area contributed by atoms with Crippen LogP contribution in [0.5, 0.6) is 0 Å². The summed E-state index contributed by atoms with van der Waals surface area (Å²) in [4.78, 5) is 205. The number of hydrogen-bond acceptors (Lipinski definition) is 18. The monoisotopic (exact) mass is 1420 g/mol. The predicted molar refractivity (Wildman–Crippen MR) is 368 cm³/mol. The van der Waals surface area contributed by atoms with Crippen molar-refractivity contribution in [3.8, 4) is 0 Å². The topological polar surface area (TPSA) is 542 Å². The number of fused-ring (bicyclic) bond motifs is 1. The lowest BCUT2D eigenvalue weighted by molar-refractivity contribution is -0.142. The molecule has 10 atom stereocenters. The number of rotatable bonds is 28. The first-order chi connectivity index (χ1) is 48.1. The number of guanidine groups is 1. The Balaban J connectivity index is 1.30. The van der Waals surface area contributed by atoms with Gasteiger partial charge < -0.3 is 86.3 Å². The highest BCUT2D eigenvalue weighted by atomic mass is 35.5. The number of halogens is 1. The van der Waals surface area contributed by atoms with Gasteiger partial charge in [-0.2, -0.15) is 0 Å². The zero-order chi connectivity index (χ0) is 73.9. The van der Waals surface area contributed by atoms with Crippen LogP contribution in [0.3, 0.4) is 0 Å². The molecule has 1 aromatic heterocycles. The lowest BCUT2D eigenvalue weighted by atomic mass is 9.99. The molecule has 2 aliphatic heterocycles. The van der Waals surface area contributed by atoms with Gasteiger partial charge in [-0.3, -0.25) is 82.5 Å². The van der Waals surface area contributed by atoms with Crippen molar-refractivity contribution in [2.24, 2.45) is 39.7 Å². The molecule has 101 heavy (non-hydrogen) atoms. The number of nitrogens with zero attached hydrogens (tertiary/aromatic N) is 3. The van der Waals surface area contributed by atoms with Crippen LogP contribution in [0.1, 0.15) is 88.8 Å². The number of benzene rings is 3. The minimum absolute atomic E-state index is 0.00366. The number of nitrogens with two attached hydrogens (primary N) is 5. The van der Waals surface area contributed by atoms with E-state index in [1.165, 1.54) is 24.2 Å². The van der Waals surface area contributed by atoms with E-state index < -0.39 is 163 Å². The van der Waals surface area contributed by atoms with Crippen molar-refractivity contribution in [2.75, 3.05) is 32.7 Å². The SMILES string of the molecule is CC(=O)N[C@H](Cc1ccc2ccccc2c1)C(=O)N[C@H](Cc1ccc(Cl)cc1)C(=O)N[C@H](Cc1cccnc1)C(=O)N[C@@H](CC(=O)NN)C(=O)N[C@H]1CC(=O)NCC(=O)NCC[C@@H](C(=O)N2CCC[C@H]2C(=O)NC(CN)C(N)=O)NC(=O)[C@H](CC(C)C)NC(=O)[C@@H](CCCN=C(N)N)NC1=O. The highest BCUT2D eigenvalue weighted by Crippen LogP contribution is 2.22. The van der Waals surface area contributed by atoms with Crippen molar-refractivity contribution < 1.29 is 67.1 Å². The van der Waals surface area contributed by atoms with E-state index in [0.717, 1.165) is 10.8 Å². The van der Waals surface area contributed by atoms with Crippen molar-refractivity contribution in [3.63, 3.8) is 0 Å². The van der Waals surface area contributed by atoms with Crippen LogP contribution in [0, 0.1) is 5.92 Å². The number of carbonyl (C=O) groups excluding carboxylic acids is 14. The molecule has 35 heteroatoms. The average molecular weight is 1420 g/mol. The minimum atomic E-state index is -2.00. The molecule has 14 amide bonds. The molecule has 544 valence electrons. The molecule has 3 heterocycles. The normalized spacial score (nSPS) is 19.2. The Morgan fingerprint density at radius 2 is 1.30 bits per heavy atom. The van der Waals surface area contributed by atoms with Gasteiger partial charge in [-0.1, -0.05) is 86.1 Å². The molecular weight excluding hydrogens is 1330 g/mol. The zero-order valence-electron chi connectivity index (χ0n) is 56.1. The minimum Gasteiger partial charge on any atom is -0.370 e. The van der Waals surface area contributed by atoms with Crippen LogP contribution in [0.4, 0.5) is 0 Å². The van der Waals surface area contributed by atoms with E-state index in [-0.39, 0.29) is 89.4 Å². The van der Waals surface area contributed by atoms with Crippen molar-refractivity contribution in [3.05, 3.63) is 113 Å². The number of carbonyl (C=O) groups is 14. The van der Waals surface area contributed by atoms with Crippen LogP contribution < -0.4 is 92.7 Å². The van der Waals surface area contributed by atoms with Gasteiger partial charge >= 0.3 is 0 Å². The first-order valence-corrected chi connectivity index (χ1v) is 33.2. The molecule has 3 aromatic carbocycles. The van der Waals surface area contributed by atoms with E-state index >= 15 is 0 Å². The summed E-state index contributed by atoms with van der Waals surface area (Å²) in [6, 6.07) is 7.29. The van der Waals surface area contributed by atoms with E-state index in [2.05, 4.69) is 68.5 Å². The molecule has 2 aliphatic rings. The number of aromatic nitrogens is 1. The first-order valence-electron chi connectivity index (χ1n) is 32.8. The first kappa shape index (κ1) is 79.1. The molecule has 4 aromatic rings. The van der Waals surface area contributed by atoms with Gasteiger partial charge in [0.2, 0.25) is 82.7 Å². The fourth-order valence-corrected chi connectivity index (χ4v) is 11.4. The molecule has 0 radical (unpaired) electrons. The number of amides is 14. The second-order valence-electron chi connectivity index (χ2n) is 24.8. The van der Waals surface area contributed by atoms with Gasteiger partial charge in [-0.15, -0.1) is 0 Å². The van der Waals surface area contributed by atoms with Crippen LogP contribution in [0.2, 0.25) is 5.02 Å². The quantitative estimate of drug-likeness (QED) is 0.00634. The Kier molecular flexibility index (Phi) is 30.6. The summed E-state index contributed by atoms with van der Waals surface area (Å²) in [5.41, 5.74) is 25.6. The molecular formula is C66H89ClN20O14. The second kappa shape index (κ2) is 39.1. The number of hydrogen-bond donors (Lipinski definition) is 17. The van der Waals surface area contributed by atoms with Crippen molar-refractivity contribution in [1.82, 2.24) is 73.8 Å². The van der Waals surface area contributed by atoms with Gasteiger partial charge in [0.1, 0.15) is 60.4 Å². The van der Waals surface area contributed by atoms with Crippen LogP contribution in [-0.4, -0.2) is 192 Å². The summed E-state index contributed by atoms with van der Waals surface area (Å²) in [5, 5.41) is 30.2. The van der Waals surface area contributed by atoms with E-state index in [1.807, 2.05) is 41.8 Å². The smallest absolute Gasteiger partial charge is 0.245 e. The number of pyridine rings is 1. The summed E-state index contributed by atoms with van der Waals surface area (Å²) in [5.74, 6) is -8.23. The molecule has 1 unspecified atom stereocenters. The highest BCUT2D eigenvalue weighted by Gasteiger charge is 2.41. The molecule has 6 rings (SSSR count). The summed E-state index contributed by atoms with van der Waals surface area (Å²) < 4.78 is 0. The Morgan fingerprint density at radius 3 is 1.92 bits per heavy atom. The van der Waals surface area contributed by atoms with Gasteiger partial charge in [0.15, 0.2) is 5.96 Å². The predicted octanol–water partition coefficient (Wildman–Crippen LogP) is -4.76. The molecule has 0 aliphatic carbocycles. The Hall–Kier alpha value is -10.9. The van der Waals surface area contributed by atoms with E-state index in [9.17, 15) is 67.1 Å². The van der Waals surface area contributed by atoms with Crippen LogP contribution in [-0.2, 0) is 86.4 Å². The number of aliphatic imine (C=N–C) groups is 1. The van der Waals surface area contributed by atoms with Gasteiger partial charge in [0.05, 0.1) is 19.4 Å². The zero-order valence-corrected chi connectivity index (χ0v) is 56.9. The maximum absolute atomic E-state index is 14.9. The molecule has 2 saturated heterocycles. The van der Waals surface area contributed by atoms with Crippen LogP contribution in [0.25, 0.3) is 10.8 Å². The van der Waals surface area contributed by atoms with Crippen molar-refractivity contribution >= 4 is 111 Å². The molecule has 22 N–H and O–H groups in total. The van der Waals surface area contributed by atoms with E-state index in [4.69, 9.17) is 40.4 Å². The number of likely N-dealkylation sites (tertiary alicyclic amines) is 1. The average Bonchev–Trinajstić information content (AvgIpc) is 1.81.